The number of rotatable bonds is 10. The third-order valence-electron chi connectivity index (χ3n) is 5.34. The summed E-state index contributed by atoms with van der Waals surface area (Å²) >= 11 is 0. The summed E-state index contributed by atoms with van der Waals surface area (Å²) in [6, 6.07) is 15.5. The zero-order valence-electron chi connectivity index (χ0n) is 17.9. The zero-order chi connectivity index (χ0) is 22.2. The minimum absolute atomic E-state index is 0.101. The average molecular weight is 424 g/mol. The van der Waals surface area contributed by atoms with Gasteiger partial charge < -0.3 is 20.1 Å². The maximum Gasteiger partial charge on any atom is 0.475 e. The van der Waals surface area contributed by atoms with Gasteiger partial charge >= 0.3 is 7.12 Å². The van der Waals surface area contributed by atoms with E-state index in [0.29, 0.717) is 19.5 Å². The third kappa shape index (κ3) is 6.54. The molecule has 1 heterocycles. The minimum Gasteiger partial charge on any atom is -0.497 e. The quantitative estimate of drug-likeness (QED) is 0.507. The van der Waals surface area contributed by atoms with E-state index in [-0.39, 0.29) is 18.4 Å². The molecule has 31 heavy (non-hydrogen) atoms. The number of aryl methyl sites for hydroxylation is 1. The second-order valence-corrected chi connectivity index (χ2v) is 7.63. The first-order chi connectivity index (χ1) is 15.0. The van der Waals surface area contributed by atoms with Crippen molar-refractivity contribution in [3.8, 4) is 5.75 Å². The molecule has 0 bridgehead atoms. The van der Waals surface area contributed by atoms with E-state index in [1.165, 1.54) is 5.56 Å². The van der Waals surface area contributed by atoms with Crippen LogP contribution in [0.2, 0.25) is 0 Å². The number of nitrogens with one attached hydrogen (secondary N) is 1. The maximum atomic E-state index is 12.4. The molecule has 3 rings (SSSR count). The van der Waals surface area contributed by atoms with E-state index in [1.807, 2.05) is 48.5 Å². The second-order valence-electron chi connectivity index (χ2n) is 7.63. The molecule has 1 aliphatic rings. The standard InChI is InChI=1S/C22H29BN4O4/c1-3-16-6-4-7-17(12-16)13-21(23(29)30)24-22(28)10-11-27-15-20(25-26-27)18-8-5-9-19(14-18)31-2/h4-9,12,14,20-21,29-30H,3,10-11,13,15H2,1-2H3,(H,24,28). The summed E-state index contributed by atoms with van der Waals surface area (Å²) in [6.45, 7) is 3.04. The Hall–Kier alpha value is -2.91. The van der Waals surface area contributed by atoms with Gasteiger partial charge in [-0.05, 0) is 41.7 Å². The summed E-state index contributed by atoms with van der Waals surface area (Å²) in [5.74, 6) is -0.266. The molecule has 0 aromatic heterocycles. The first kappa shape index (κ1) is 22.8. The van der Waals surface area contributed by atoms with E-state index < -0.39 is 13.1 Å². The summed E-state index contributed by atoms with van der Waals surface area (Å²) in [5, 5.41) is 32.4. The Kier molecular flexibility index (Phi) is 8.03. The fourth-order valence-electron chi connectivity index (χ4n) is 3.54. The Balaban J connectivity index is 1.48. The summed E-state index contributed by atoms with van der Waals surface area (Å²) in [7, 11) is -0.0183. The van der Waals surface area contributed by atoms with Crippen molar-refractivity contribution < 1.29 is 19.6 Å². The molecule has 0 aliphatic carbocycles. The van der Waals surface area contributed by atoms with Gasteiger partial charge in [0.25, 0.3) is 0 Å². The molecule has 2 aromatic rings. The normalized spacial score (nSPS) is 16.3. The van der Waals surface area contributed by atoms with Crippen molar-refractivity contribution in [1.29, 1.82) is 0 Å². The molecule has 8 nitrogen and oxygen atoms in total. The van der Waals surface area contributed by atoms with Crippen LogP contribution < -0.4 is 10.1 Å². The number of carbonyl (C=O) groups excluding carboxylic acids is 1. The Morgan fingerprint density at radius 1 is 1.26 bits per heavy atom. The van der Waals surface area contributed by atoms with Crippen molar-refractivity contribution in [2.75, 3.05) is 20.2 Å². The lowest BCUT2D eigenvalue weighted by Crippen LogP contribution is -2.48. The number of hydrogen-bond donors (Lipinski definition) is 3. The van der Waals surface area contributed by atoms with Crippen LogP contribution in [0, 0.1) is 0 Å². The Morgan fingerprint density at radius 2 is 2.03 bits per heavy atom. The molecular weight excluding hydrogens is 395 g/mol. The van der Waals surface area contributed by atoms with Gasteiger partial charge in [0.15, 0.2) is 0 Å². The number of amides is 1. The third-order valence-corrected chi connectivity index (χ3v) is 5.34. The highest BCUT2D eigenvalue weighted by Crippen LogP contribution is 2.27. The number of methoxy groups -OCH3 is 1. The first-order valence-electron chi connectivity index (χ1n) is 10.5. The molecule has 0 saturated heterocycles. The van der Waals surface area contributed by atoms with Crippen LogP contribution in [0.3, 0.4) is 0 Å². The fraction of sp³-hybridized carbons (Fsp3) is 0.409. The largest absolute Gasteiger partial charge is 0.497 e. The Morgan fingerprint density at radius 3 is 2.77 bits per heavy atom. The molecule has 9 heteroatoms. The smallest absolute Gasteiger partial charge is 0.475 e. The molecule has 1 amide bonds. The highest BCUT2D eigenvalue weighted by atomic mass is 16.5. The Labute approximate surface area is 183 Å². The van der Waals surface area contributed by atoms with Gasteiger partial charge in [0, 0.05) is 13.0 Å². The maximum absolute atomic E-state index is 12.4. The number of hydrogen-bond acceptors (Lipinski definition) is 7. The topological polar surface area (TPSA) is 107 Å². The van der Waals surface area contributed by atoms with Crippen LogP contribution >= 0.6 is 0 Å². The van der Waals surface area contributed by atoms with E-state index in [4.69, 9.17) is 4.74 Å². The first-order valence-corrected chi connectivity index (χ1v) is 10.5. The molecule has 2 unspecified atom stereocenters. The highest BCUT2D eigenvalue weighted by molar-refractivity contribution is 6.43. The minimum atomic E-state index is -1.64. The summed E-state index contributed by atoms with van der Waals surface area (Å²) in [5.41, 5.74) is 3.13. The number of carbonyl (C=O) groups is 1. The van der Waals surface area contributed by atoms with Gasteiger partial charge in [0.2, 0.25) is 5.91 Å². The average Bonchev–Trinajstić information content (AvgIpc) is 3.26. The van der Waals surface area contributed by atoms with E-state index in [9.17, 15) is 14.8 Å². The molecule has 164 valence electrons. The van der Waals surface area contributed by atoms with E-state index in [0.717, 1.165) is 23.3 Å². The molecular formula is C22H29BN4O4. The zero-order valence-corrected chi connectivity index (χ0v) is 17.9. The highest BCUT2D eigenvalue weighted by Gasteiger charge is 2.27. The van der Waals surface area contributed by atoms with Crippen molar-refractivity contribution >= 4 is 13.0 Å². The molecule has 3 N–H and O–H groups in total. The van der Waals surface area contributed by atoms with Gasteiger partial charge in [-0.25, -0.2) is 0 Å². The van der Waals surface area contributed by atoms with Gasteiger partial charge in [-0.2, -0.15) is 5.11 Å². The monoisotopic (exact) mass is 424 g/mol. The van der Waals surface area contributed by atoms with Crippen LogP contribution in [-0.2, 0) is 17.6 Å². The molecule has 0 saturated carbocycles. The van der Waals surface area contributed by atoms with Crippen molar-refractivity contribution in [3.05, 3.63) is 65.2 Å². The Bertz CT molecular complexity index is 909. The van der Waals surface area contributed by atoms with Crippen molar-refractivity contribution in [2.45, 2.75) is 38.2 Å². The summed E-state index contributed by atoms with van der Waals surface area (Å²) in [6.07, 6.45) is 1.42. The van der Waals surface area contributed by atoms with Gasteiger partial charge in [-0.3, -0.25) is 9.80 Å². The van der Waals surface area contributed by atoms with Crippen LogP contribution in [0.25, 0.3) is 0 Å². The van der Waals surface area contributed by atoms with E-state index >= 15 is 0 Å². The molecule has 0 radical (unpaired) electrons. The van der Waals surface area contributed by atoms with Crippen molar-refractivity contribution in [1.82, 2.24) is 10.3 Å². The van der Waals surface area contributed by atoms with Crippen LogP contribution in [0.4, 0.5) is 0 Å². The molecule has 2 atom stereocenters. The van der Waals surface area contributed by atoms with Gasteiger partial charge in [-0.1, -0.05) is 48.5 Å². The van der Waals surface area contributed by atoms with Crippen LogP contribution in [0.1, 0.15) is 36.1 Å². The van der Waals surface area contributed by atoms with E-state index in [1.54, 1.807) is 12.1 Å². The van der Waals surface area contributed by atoms with Gasteiger partial charge in [0.1, 0.15) is 11.8 Å². The molecule has 0 fully saturated rings. The van der Waals surface area contributed by atoms with E-state index in [2.05, 4.69) is 22.6 Å². The van der Waals surface area contributed by atoms with Crippen molar-refractivity contribution in [3.63, 3.8) is 0 Å². The van der Waals surface area contributed by atoms with Crippen LogP contribution in [0.15, 0.2) is 58.9 Å². The second kappa shape index (κ2) is 10.9. The van der Waals surface area contributed by atoms with Gasteiger partial charge in [-0.15, -0.1) is 0 Å². The number of nitrogens with zero attached hydrogens (tertiary/aromatic N) is 3. The lowest BCUT2D eigenvalue weighted by molar-refractivity contribution is -0.121. The SMILES string of the molecule is CCc1cccc(CC(NC(=O)CCN2CC(c3cccc(OC)c3)N=N2)B(O)O)c1. The predicted octanol–water partition coefficient (Wildman–Crippen LogP) is 2.11. The van der Waals surface area contributed by atoms with Crippen molar-refractivity contribution in [2.24, 2.45) is 10.3 Å². The molecule has 0 spiro atoms. The molecule has 2 aromatic carbocycles. The number of ether oxygens (including phenoxy) is 1. The summed E-state index contributed by atoms with van der Waals surface area (Å²) < 4.78 is 5.25. The fourth-order valence-corrected chi connectivity index (χ4v) is 3.54. The van der Waals surface area contributed by atoms with Crippen LogP contribution in [0.5, 0.6) is 5.75 Å². The lowest BCUT2D eigenvalue weighted by Gasteiger charge is -2.19. The summed E-state index contributed by atoms with van der Waals surface area (Å²) in [4.78, 5) is 12.4. The number of benzene rings is 2. The lowest BCUT2D eigenvalue weighted by atomic mass is 9.75. The molecule has 1 aliphatic heterocycles. The van der Waals surface area contributed by atoms with Gasteiger partial charge in [0.05, 0.1) is 19.6 Å². The van der Waals surface area contributed by atoms with Crippen LogP contribution in [-0.4, -0.2) is 54.2 Å². The predicted molar refractivity (Wildman–Crippen MR) is 118 cm³/mol.